The molecule has 12 aromatic carbocycles. The van der Waals surface area contributed by atoms with Crippen LogP contribution >= 0.6 is 0 Å². The number of nitrogens with one attached hydrogen (secondary N) is 2. The highest BCUT2D eigenvalue weighted by atomic mass is 16.5. The molecule has 17 rings (SSSR count). The number of rotatable bonds is 20. The molecule has 15 aromatic rings. The van der Waals surface area contributed by atoms with Crippen LogP contribution in [-0.2, 0) is 0 Å². The lowest BCUT2D eigenvalue weighted by Crippen LogP contribution is -1.92. The van der Waals surface area contributed by atoms with E-state index in [1.54, 1.807) is 49.7 Å². The molecule has 0 spiro atoms. The fourth-order valence-corrected chi connectivity index (χ4v) is 12.1. The summed E-state index contributed by atoms with van der Waals surface area (Å²) in [6.07, 6.45) is 13.4. The minimum absolute atomic E-state index is 0.334. The molecule has 0 radical (unpaired) electrons. The Morgan fingerprint density at radius 3 is 0.778 bits per heavy atom. The number of ether oxygens (including phenoxy) is 4. The van der Waals surface area contributed by atoms with Gasteiger partial charge in [-0.15, -0.1) is 0 Å². The van der Waals surface area contributed by atoms with E-state index in [0.717, 1.165) is 22.3 Å². The molecule has 0 saturated carbocycles. The van der Waals surface area contributed by atoms with Gasteiger partial charge in [-0.2, -0.15) is 40.8 Å². The first-order chi connectivity index (χ1) is 53.5. The number of benzene rings is 12. The lowest BCUT2D eigenvalue weighted by Gasteiger charge is -2.10. The van der Waals surface area contributed by atoms with Gasteiger partial charge in [0.1, 0.15) is 68.6 Å². The summed E-state index contributed by atoms with van der Waals surface area (Å²) in [6.45, 7) is 0. The predicted molar refractivity (Wildman–Crippen MR) is 429 cm³/mol. The highest BCUT2D eigenvalue weighted by Crippen LogP contribution is 2.42. The average molecular weight is 1400 g/mol. The maximum atomic E-state index is 6.74. The fourth-order valence-electron chi connectivity index (χ4n) is 12.1. The Morgan fingerprint density at radius 1 is 0.213 bits per heavy atom. The molecule has 20 heteroatoms. The third kappa shape index (κ3) is 14.9. The van der Waals surface area contributed by atoms with Gasteiger partial charge >= 0.3 is 0 Å². The quantitative estimate of drug-likeness (QED) is 0.0540. The fraction of sp³-hybridized carbons (Fsp3) is 0. The zero-order valence-electron chi connectivity index (χ0n) is 57.2. The molecule has 108 heavy (non-hydrogen) atoms. The van der Waals surface area contributed by atoms with Crippen LogP contribution in [0.1, 0.15) is 44.5 Å². The zero-order chi connectivity index (χ0) is 72.2. The van der Waals surface area contributed by atoms with Gasteiger partial charge in [-0.3, -0.25) is 0 Å². The molecule has 5 heterocycles. The van der Waals surface area contributed by atoms with Crippen molar-refractivity contribution in [2.24, 2.45) is 40.8 Å². The molecule has 20 nitrogen and oxygen atoms in total. The maximum Gasteiger partial charge on any atom is 0.164 e. The van der Waals surface area contributed by atoms with Gasteiger partial charge in [-0.25, -0.2) is 29.9 Å². The lowest BCUT2D eigenvalue weighted by molar-refractivity contribution is 0.482. The van der Waals surface area contributed by atoms with Crippen LogP contribution in [0.3, 0.4) is 0 Å². The second kappa shape index (κ2) is 30.6. The summed E-state index contributed by atoms with van der Waals surface area (Å²) in [5.74, 6) is 5.58. The standard InChI is InChI=1S/C88H58N16O4/c1-5-21-57(22-6-1)49-89-93-53-61-29-13-17-33-77(61)105-65-37-41-69-73(45-65)85-97-81(69)102-86-75-47-67(107-79-35-19-15-31-63(79)55-95-91-51-59-25-9-3-10-26-59)39-43-71(75)83(99-86)104-88-76-48-68(108-80-36-20-16-32-64(80)56-96-92-52-60-27-11-4-12-28-60)40-44-72(76)84(100-88)103-87-74-46-66(38-42-70(74)82(98-87)101-85)106-78-34-18-14-30-62(78)54-94-90-50-58-23-7-2-8-24-58/h1-56H,(H2,97,98,99,100,101,102,103,104)/b89-49+,90-50+,91-51+,92-52+,93-53-,94-54+,95-55+,96-56+. The SMILES string of the molecule is C(=N/N=C/c1ccccc1)/c1ccccc1Oc1ccc2c(c1)-c1nc-2nc2[nH]c(nc3nc(nc4[nH]c(n1)c1ccc(Oc5ccccc5/C=N/N=C/c5ccccc5)cc41)-c1ccc(Oc4ccccc4/C=N/N=C/c4ccccc4)cc1-3)c1ccc(Oc3ccccc3/C=N/N=C/c3ccccc3)cc21. The van der Waals surface area contributed by atoms with Gasteiger partial charge < -0.3 is 28.9 Å². The van der Waals surface area contributed by atoms with Crippen LogP contribution in [0.25, 0.3) is 89.7 Å². The van der Waals surface area contributed by atoms with Crippen LogP contribution < -0.4 is 18.9 Å². The van der Waals surface area contributed by atoms with E-state index in [0.29, 0.717) is 158 Å². The van der Waals surface area contributed by atoms with Crippen molar-refractivity contribution in [2.75, 3.05) is 0 Å². The van der Waals surface area contributed by atoms with Crippen molar-refractivity contribution in [1.29, 1.82) is 0 Å². The third-order valence-electron chi connectivity index (χ3n) is 17.4. The summed E-state index contributed by atoms with van der Waals surface area (Å²) in [6, 6.07) is 92.5. The largest absolute Gasteiger partial charge is 0.457 e. The second-order valence-electron chi connectivity index (χ2n) is 24.6. The summed E-state index contributed by atoms with van der Waals surface area (Å²) >= 11 is 0. The van der Waals surface area contributed by atoms with Crippen molar-refractivity contribution in [2.45, 2.75) is 0 Å². The molecule has 0 atom stereocenters. The molecule has 0 fully saturated rings. The number of nitrogens with zero attached hydrogens (tertiary/aromatic N) is 14. The van der Waals surface area contributed by atoms with Gasteiger partial charge in [0.25, 0.3) is 0 Å². The first-order valence-electron chi connectivity index (χ1n) is 34.4. The van der Waals surface area contributed by atoms with Gasteiger partial charge in [0.2, 0.25) is 0 Å². The smallest absolute Gasteiger partial charge is 0.164 e. The normalized spacial score (nSPS) is 12.1. The van der Waals surface area contributed by atoms with Gasteiger partial charge in [0, 0.05) is 66.1 Å². The van der Waals surface area contributed by atoms with Crippen molar-refractivity contribution in [1.82, 2.24) is 39.9 Å². The number of hydrogen-bond acceptors (Lipinski definition) is 18. The summed E-state index contributed by atoms with van der Waals surface area (Å²) in [5.41, 5.74) is 10.8. The topological polar surface area (TPSA) is 245 Å². The predicted octanol–water partition coefficient (Wildman–Crippen LogP) is 19.9. The van der Waals surface area contributed by atoms with Crippen molar-refractivity contribution in [3.05, 3.63) is 336 Å². The Labute approximate surface area is 617 Å². The number of para-hydroxylation sites is 4. The Bertz CT molecular complexity index is 5950. The number of aromatic nitrogens is 8. The van der Waals surface area contributed by atoms with Crippen molar-refractivity contribution in [3.8, 4) is 91.5 Å². The molecule has 3 aromatic heterocycles. The van der Waals surface area contributed by atoms with Gasteiger partial charge in [-0.05, 0) is 144 Å². The van der Waals surface area contributed by atoms with E-state index in [-0.39, 0.29) is 0 Å². The minimum atomic E-state index is 0.334. The Hall–Kier alpha value is -15.4. The van der Waals surface area contributed by atoms with Crippen LogP contribution in [0.4, 0.5) is 0 Å². The van der Waals surface area contributed by atoms with E-state index < -0.39 is 0 Å². The molecule has 0 saturated heterocycles. The summed E-state index contributed by atoms with van der Waals surface area (Å²) in [4.78, 5) is 39.5. The molecule has 2 aliphatic rings. The highest BCUT2D eigenvalue weighted by molar-refractivity contribution is 6.07. The second-order valence-corrected chi connectivity index (χ2v) is 24.6. The van der Waals surface area contributed by atoms with Crippen LogP contribution in [-0.4, -0.2) is 89.6 Å². The summed E-state index contributed by atoms with van der Waals surface area (Å²) in [5, 5.41) is 37.5. The van der Waals surface area contributed by atoms with E-state index in [4.69, 9.17) is 48.9 Å². The monoisotopic (exact) mass is 1400 g/mol. The molecule has 2 N–H and O–H groups in total. The van der Waals surface area contributed by atoms with Gasteiger partial charge in [-0.1, -0.05) is 170 Å². The average Bonchev–Trinajstić information content (AvgIpc) is 1.60. The molecule has 514 valence electrons. The van der Waals surface area contributed by atoms with Gasteiger partial charge in [0.05, 0.1) is 49.7 Å². The summed E-state index contributed by atoms with van der Waals surface area (Å²) < 4.78 is 27.0. The van der Waals surface area contributed by atoms with E-state index in [1.807, 2.05) is 291 Å². The van der Waals surface area contributed by atoms with E-state index in [1.165, 1.54) is 0 Å². The van der Waals surface area contributed by atoms with Crippen molar-refractivity contribution >= 4 is 93.9 Å². The first-order valence-corrected chi connectivity index (χ1v) is 34.4. The number of hydrogen-bond donors (Lipinski definition) is 2. The molecular formula is C88H58N16O4. The van der Waals surface area contributed by atoms with Crippen molar-refractivity contribution < 1.29 is 18.9 Å². The van der Waals surface area contributed by atoms with E-state index in [2.05, 4.69) is 50.8 Å². The number of aromatic amines is 2. The molecular weight excluding hydrogens is 1350 g/mol. The first kappa shape index (κ1) is 65.8. The minimum Gasteiger partial charge on any atom is -0.457 e. The Morgan fingerprint density at radius 2 is 0.463 bits per heavy atom. The maximum absolute atomic E-state index is 6.74. The number of fused-ring (bicyclic) bond motifs is 20. The molecule has 8 bridgehead atoms. The van der Waals surface area contributed by atoms with E-state index >= 15 is 0 Å². The van der Waals surface area contributed by atoms with Crippen molar-refractivity contribution in [3.63, 3.8) is 0 Å². The zero-order valence-corrected chi connectivity index (χ0v) is 57.2. The number of H-pyrrole nitrogens is 2. The lowest BCUT2D eigenvalue weighted by atomic mass is 10.1. The van der Waals surface area contributed by atoms with Gasteiger partial charge in [0.15, 0.2) is 23.3 Å². The van der Waals surface area contributed by atoms with Crippen LogP contribution in [0.2, 0.25) is 0 Å². The summed E-state index contributed by atoms with van der Waals surface area (Å²) in [7, 11) is 0. The molecule has 2 aliphatic heterocycles. The van der Waals surface area contributed by atoms with Crippen LogP contribution in [0.5, 0.6) is 46.0 Å². The highest BCUT2D eigenvalue weighted by Gasteiger charge is 2.25. The Balaban J connectivity index is 0.821. The molecule has 0 amide bonds. The molecule has 0 aliphatic carbocycles. The van der Waals surface area contributed by atoms with Crippen LogP contribution in [0, 0.1) is 0 Å². The third-order valence-corrected chi connectivity index (χ3v) is 17.4. The Kier molecular flexibility index (Phi) is 18.7. The van der Waals surface area contributed by atoms with E-state index in [9.17, 15) is 0 Å². The molecule has 0 unspecified atom stereocenters. The van der Waals surface area contributed by atoms with Crippen LogP contribution in [0.15, 0.2) is 332 Å².